The van der Waals surface area contributed by atoms with E-state index in [9.17, 15) is 19.2 Å². The Morgan fingerprint density at radius 3 is 2.50 bits per heavy atom. The Morgan fingerprint density at radius 1 is 1.00 bits per heavy atom. The van der Waals surface area contributed by atoms with Crippen LogP contribution in [0.5, 0.6) is 0 Å². The number of piperazine rings is 1. The van der Waals surface area contributed by atoms with Crippen LogP contribution in [0.15, 0.2) is 18.2 Å². The van der Waals surface area contributed by atoms with Gasteiger partial charge in [0.2, 0.25) is 11.8 Å². The summed E-state index contributed by atoms with van der Waals surface area (Å²) in [5.41, 5.74) is 7.45. The number of imide groups is 2. The molecule has 5 rings (SSSR count). The van der Waals surface area contributed by atoms with Crippen LogP contribution in [-0.2, 0) is 16.1 Å². The lowest BCUT2D eigenvalue weighted by molar-refractivity contribution is -0.136. The van der Waals surface area contributed by atoms with Gasteiger partial charge in [-0.2, -0.15) is 0 Å². The Kier molecular flexibility index (Phi) is 5.56. The molecule has 170 valence electrons. The maximum absolute atomic E-state index is 13.1. The summed E-state index contributed by atoms with van der Waals surface area (Å²) >= 11 is 0. The van der Waals surface area contributed by atoms with Crippen LogP contribution in [0.4, 0.5) is 0 Å². The highest BCUT2D eigenvalue weighted by atomic mass is 16.2. The Labute approximate surface area is 186 Å². The van der Waals surface area contributed by atoms with Crippen molar-refractivity contribution in [2.24, 2.45) is 11.7 Å². The first-order valence-electron chi connectivity index (χ1n) is 11.5. The van der Waals surface area contributed by atoms with Gasteiger partial charge in [-0.15, -0.1) is 0 Å². The second kappa shape index (κ2) is 8.38. The van der Waals surface area contributed by atoms with Gasteiger partial charge in [0, 0.05) is 51.7 Å². The predicted octanol–water partition coefficient (Wildman–Crippen LogP) is -0.0573. The SMILES string of the molecule is NCCN1CCN(Cc2ccc3c(c2)C(=O)N(C2CCC(=O)NC2=O)C3=O)CC1C1CC1. The molecule has 3 fully saturated rings. The van der Waals surface area contributed by atoms with Crippen molar-refractivity contribution in [3.8, 4) is 0 Å². The largest absolute Gasteiger partial charge is 0.329 e. The molecule has 4 amide bonds. The van der Waals surface area contributed by atoms with Gasteiger partial charge in [0.1, 0.15) is 6.04 Å². The monoisotopic (exact) mass is 439 g/mol. The molecule has 4 aliphatic rings. The Bertz CT molecular complexity index is 975. The van der Waals surface area contributed by atoms with Crippen LogP contribution >= 0.6 is 0 Å². The fraction of sp³-hybridized carbons (Fsp3) is 0.565. The van der Waals surface area contributed by atoms with Crippen molar-refractivity contribution >= 4 is 23.6 Å². The number of nitrogens with zero attached hydrogens (tertiary/aromatic N) is 3. The Hall–Kier alpha value is -2.62. The third kappa shape index (κ3) is 3.85. The molecule has 3 N–H and O–H groups in total. The molecule has 1 aromatic rings. The molecule has 2 saturated heterocycles. The molecule has 1 saturated carbocycles. The average Bonchev–Trinajstić information content (AvgIpc) is 3.58. The molecule has 2 unspecified atom stereocenters. The van der Waals surface area contributed by atoms with Gasteiger partial charge in [-0.05, 0) is 42.9 Å². The van der Waals surface area contributed by atoms with Gasteiger partial charge in [-0.3, -0.25) is 39.2 Å². The van der Waals surface area contributed by atoms with Crippen molar-refractivity contribution in [3.05, 3.63) is 34.9 Å². The van der Waals surface area contributed by atoms with Crippen molar-refractivity contribution in [2.75, 3.05) is 32.7 Å². The van der Waals surface area contributed by atoms with Gasteiger partial charge in [-0.1, -0.05) is 6.07 Å². The number of hydrogen-bond donors (Lipinski definition) is 2. The van der Waals surface area contributed by atoms with Gasteiger partial charge < -0.3 is 5.73 Å². The lowest BCUT2D eigenvalue weighted by Gasteiger charge is -2.41. The standard InChI is InChI=1S/C23H29N5O4/c24-7-8-27-10-9-26(13-19(27)15-2-3-15)12-14-1-4-16-17(11-14)23(32)28(22(16)31)18-5-6-20(29)25-21(18)30/h1,4,11,15,18-19H,2-3,5-10,12-13,24H2,(H,25,29,30). The number of amides is 4. The van der Waals surface area contributed by atoms with E-state index in [1.54, 1.807) is 12.1 Å². The number of benzene rings is 1. The summed E-state index contributed by atoms with van der Waals surface area (Å²) in [4.78, 5) is 55.5. The third-order valence-electron chi connectivity index (χ3n) is 7.11. The summed E-state index contributed by atoms with van der Waals surface area (Å²) in [5.74, 6) is -1.12. The maximum Gasteiger partial charge on any atom is 0.262 e. The van der Waals surface area contributed by atoms with E-state index in [1.165, 1.54) is 12.8 Å². The molecule has 0 bridgehead atoms. The van der Waals surface area contributed by atoms with E-state index in [0.29, 0.717) is 30.3 Å². The van der Waals surface area contributed by atoms with E-state index in [-0.39, 0.29) is 18.7 Å². The lowest BCUT2D eigenvalue weighted by atomic mass is 10.0. The number of hydrogen-bond acceptors (Lipinski definition) is 7. The molecular weight excluding hydrogens is 410 g/mol. The van der Waals surface area contributed by atoms with Gasteiger partial charge >= 0.3 is 0 Å². The first kappa shape index (κ1) is 21.2. The quantitative estimate of drug-likeness (QED) is 0.597. The molecular formula is C23H29N5O4. The minimum atomic E-state index is -0.932. The molecule has 32 heavy (non-hydrogen) atoms. The zero-order valence-corrected chi connectivity index (χ0v) is 18.1. The van der Waals surface area contributed by atoms with Crippen LogP contribution in [0.25, 0.3) is 0 Å². The second-order valence-corrected chi connectivity index (χ2v) is 9.29. The maximum atomic E-state index is 13.1. The van der Waals surface area contributed by atoms with E-state index in [2.05, 4.69) is 15.1 Å². The van der Waals surface area contributed by atoms with Crippen LogP contribution in [-0.4, -0.2) is 83.1 Å². The highest BCUT2D eigenvalue weighted by Crippen LogP contribution is 2.37. The van der Waals surface area contributed by atoms with E-state index < -0.39 is 23.8 Å². The third-order valence-corrected chi connectivity index (χ3v) is 7.11. The molecule has 3 heterocycles. The first-order valence-corrected chi connectivity index (χ1v) is 11.5. The van der Waals surface area contributed by atoms with Crippen LogP contribution in [0.3, 0.4) is 0 Å². The number of carbonyl (C=O) groups excluding carboxylic acids is 4. The van der Waals surface area contributed by atoms with Crippen molar-refractivity contribution in [1.82, 2.24) is 20.0 Å². The zero-order chi connectivity index (χ0) is 22.4. The average molecular weight is 440 g/mol. The van der Waals surface area contributed by atoms with Crippen molar-refractivity contribution in [2.45, 2.75) is 44.3 Å². The predicted molar refractivity (Wildman–Crippen MR) is 116 cm³/mol. The summed E-state index contributed by atoms with van der Waals surface area (Å²) in [6, 6.07) is 4.99. The van der Waals surface area contributed by atoms with E-state index in [0.717, 1.165) is 42.6 Å². The summed E-state index contributed by atoms with van der Waals surface area (Å²) < 4.78 is 0. The Balaban J connectivity index is 1.30. The summed E-state index contributed by atoms with van der Waals surface area (Å²) in [6.45, 7) is 5.23. The van der Waals surface area contributed by atoms with Gasteiger partial charge in [0.25, 0.3) is 11.8 Å². The fourth-order valence-corrected chi connectivity index (χ4v) is 5.30. The van der Waals surface area contributed by atoms with Crippen LogP contribution in [0.2, 0.25) is 0 Å². The lowest BCUT2D eigenvalue weighted by Crippen LogP contribution is -2.54. The number of piperidine rings is 1. The van der Waals surface area contributed by atoms with Crippen LogP contribution < -0.4 is 11.1 Å². The number of nitrogens with one attached hydrogen (secondary N) is 1. The van der Waals surface area contributed by atoms with Gasteiger partial charge in [0.15, 0.2) is 0 Å². The van der Waals surface area contributed by atoms with Gasteiger partial charge in [-0.25, -0.2) is 0 Å². The molecule has 3 aliphatic heterocycles. The molecule has 9 nitrogen and oxygen atoms in total. The van der Waals surface area contributed by atoms with Crippen molar-refractivity contribution < 1.29 is 19.2 Å². The molecule has 0 aromatic heterocycles. The molecule has 1 aliphatic carbocycles. The topological polar surface area (TPSA) is 116 Å². The second-order valence-electron chi connectivity index (χ2n) is 9.29. The van der Waals surface area contributed by atoms with Crippen LogP contribution in [0, 0.1) is 5.92 Å². The Morgan fingerprint density at radius 2 is 1.78 bits per heavy atom. The number of nitrogens with two attached hydrogens (primary N) is 1. The summed E-state index contributed by atoms with van der Waals surface area (Å²) in [6.07, 6.45) is 2.85. The van der Waals surface area contributed by atoms with Gasteiger partial charge in [0.05, 0.1) is 11.1 Å². The number of carbonyl (C=O) groups is 4. The zero-order valence-electron chi connectivity index (χ0n) is 18.1. The minimum absolute atomic E-state index is 0.118. The highest BCUT2D eigenvalue weighted by molar-refractivity contribution is 6.23. The van der Waals surface area contributed by atoms with E-state index in [4.69, 9.17) is 5.73 Å². The fourth-order valence-electron chi connectivity index (χ4n) is 5.30. The molecule has 0 spiro atoms. The first-order chi connectivity index (χ1) is 15.5. The number of fused-ring (bicyclic) bond motifs is 1. The van der Waals surface area contributed by atoms with E-state index >= 15 is 0 Å². The normalized spacial score (nSPS) is 27.1. The summed E-state index contributed by atoms with van der Waals surface area (Å²) in [5, 5.41) is 2.23. The number of rotatable bonds is 6. The van der Waals surface area contributed by atoms with Crippen LogP contribution in [0.1, 0.15) is 52.0 Å². The molecule has 2 atom stereocenters. The summed E-state index contributed by atoms with van der Waals surface area (Å²) in [7, 11) is 0. The highest BCUT2D eigenvalue weighted by Gasteiger charge is 2.45. The van der Waals surface area contributed by atoms with Crippen molar-refractivity contribution in [1.29, 1.82) is 0 Å². The van der Waals surface area contributed by atoms with E-state index in [1.807, 2.05) is 6.07 Å². The minimum Gasteiger partial charge on any atom is -0.329 e. The van der Waals surface area contributed by atoms with Crippen molar-refractivity contribution in [3.63, 3.8) is 0 Å². The molecule has 0 radical (unpaired) electrons. The molecule has 9 heteroatoms. The molecule has 1 aromatic carbocycles. The smallest absolute Gasteiger partial charge is 0.262 e.